The van der Waals surface area contributed by atoms with Gasteiger partial charge in [-0.3, -0.25) is 9.78 Å². The van der Waals surface area contributed by atoms with Crippen LogP contribution in [0.4, 0.5) is 0 Å². The molecule has 2 aromatic carbocycles. The monoisotopic (exact) mass is 442 g/mol. The Morgan fingerprint density at radius 1 is 0.970 bits per heavy atom. The van der Waals surface area contributed by atoms with E-state index in [2.05, 4.69) is 10.3 Å². The second-order valence-corrected chi connectivity index (χ2v) is 7.47. The zero-order valence-electron chi connectivity index (χ0n) is 18.7. The van der Waals surface area contributed by atoms with Crippen molar-refractivity contribution in [3.63, 3.8) is 0 Å². The Balaban J connectivity index is 1.47. The van der Waals surface area contributed by atoms with Crippen LogP contribution in [0.5, 0.6) is 11.5 Å². The van der Waals surface area contributed by atoms with E-state index < -0.39 is 0 Å². The van der Waals surface area contributed by atoms with Crippen molar-refractivity contribution >= 4 is 5.91 Å². The summed E-state index contributed by atoms with van der Waals surface area (Å²) in [5.41, 5.74) is 4.58. The van der Waals surface area contributed by atoms with Gasteiger partial charge in [-0.2, -0.15) is 5.10 Å². The zero-order valence-corrected chi connectivity index (χ0v) is 18.7. The molecule has 1 amide bonds. The highest BCUT2D eigenvalue weighted by atomic mass is 16.5. The predicted octanol–water partition coefficient (Wildman–Crippen LogP) is 4.20. The number of hydrogen-bond donors (Lipinski definition) is 1. The van der Waals surface area contributed by atoms with Crippen molar-refractivity contribution in [3.8, 4) is 28.4 Å². The molecule has 4 rings (SSSR count). The Kier molecular flexibility index (Phi) is 6.99. The average Bonchev–Trinajstić information content (AvgIpc) is 3.31. The van der Waals surface area contributed by atoms with E-state index in [0.717, 1.165) is 39.6 Å². The minimum Gasteiger partial charge on any atom is -0.497 e. The lowest BCUT2D eigenvalue weighted by Crippen LogP contribution is -2.23. The van der Waals surface area contributed by atoms with Crippen LogP contribution < -0.4 is 14.8 Å². The number of carbonyl (C=O) groups is 1. The molecular weight excluding hydrogens is 416 g/mol. The summed E-state index contributed by atoms with van der Waals surface area (Å²) in [6.07, 6.45) is 6.31. The number of pyridine rings is 1. The van der Waals surface area contributed by atoms with Crippen molar-refractivity contribution in [1.29, 1.82) is 0 Å². The van der Waals surface area contributed by atoms with E-state index in [0.29, 0.717) is 19.4 Å². The van der Waals surface area contributed by atoms with Crippen LogP contribution >= 0.6 is 0 Å². The molecule has 4 aromatic rings. The van der Waals surface area contributed by atoms with Crippen molar-refractivity contribution < 1.29 is 14.3 Å². The summed E-state index contributed by atoms with van der Waals surface area (Å²) < 4.78 is 12.5. The van der Waals surface area contributed by atoms with Crippen molar-refractivity contribution in [2.45, 2.75) is 19.4 Å². The van der Waals surface area contributed by atoms with Crippen molar-refractivity contribution in [2.75, 3.05) is 14.2 Å². The van der Waals surface area contributed by atoms with E-state index in [1.54, 1.807) is 26.6 Å². The number of rotatable bonds is 9. The molecule has 2 heterocycles. The Morgan fingerprint density at radius 2 is 1.76 bits per heavy atom. The van der Waals surface area contributed by atoms with Gasteiger partial charge in [-0.15, -0.1) is 0 Å². The number of carbonyl (C=O) groups excluding carboxylic acids is 1. The smallest absolute Gasteiger partial charge is 0.220 e. The third-order valence-electron chi connectivity index (χ3n) is 5.35. The molecule has 0 aliphatic heterocycles. The minimum atomic E-state index is -0.0481. The standard InChI is InChI=1S/C26H26N4O3/c1-32-23-9-10-24(33-2)20(16-23)8-11-25(31)28-17-21-18-30(22-6-4-3-5-7-22)29-26(21)19-12-14-27-15-13-19/h3-7,9-10,12-16,18H,8,11,17H2,1-2H3,(H,28,31). The number of benzene rings is 2. The Bertz CT molecular complexity index is 1210. The number of nitrogens with one attached hydrogen (secondary N) is 1. The van der Waals surface area contributed by atoms with Crippen LogP contribution in [0.1, 0.15) is 17.5 Å². The molecule has 0 radical (unpaired) electrons. The summed E-state index contributed by atoms with van der Waals surface area (Å²) in [4.78, 5) is 16.7. The van der Waals surface area contributed by atoms with Crippen molar-refractivity contribution in [2.24, 2.45) is 0 Å². The third-order valence-corrected chi connectivity index (χ3v) is 5.35. The van der Waals surface area contributed by atoms with Crippen molar-refractivity contribution in [3.05, 3.63) is 90.4 Å². The minimum absolute atomic E-state index is 0.0481. The Labute approximate surface area is 193 Å². The maximum absolute atomic E-state index is 12.6. The molecule has 0 fully saturated rings. The molecule has 1 N–H and O–H groups in total. The van der Waals surface area contributed by atoms with E-state index in [1.165, 1.54) is 0 Å². The number of aromatic nitrogens is 3. The highest BCUT2D eigenvalue weighted by Gasteiger charge is 2.14. The lowest BCUT2D eigenvalue weighted by Gasteiger charge is -2.10. The largest absolute Gasteiger partial charge is 0.497 e. The fourth-order valence-electron chi connectivity index (χ4n) is 3.61. The number of amides is 1. The maximum Gasteiger partial charge on any atom is 0.220 e. The van der Waals surface area contributed by atoms with Crippen LogP contribution in [0.3, 0.4) is 0 Å². The summed E-state index contributed by atoms with van der Waals surface area (Å²) in [5, 5.41) is 7.80. The van der Waals surface area contributed by atoms with Gasteiger partial charge in [-0.25, -0.2) is 4.68 Å². The highest BCUT2D eigenvalue weighted by Crippen LogP contribution is 2.26. The molecule has 0 saturated heterocycles. The Morgan fingerprint density at radius 3 is 2.48 bits per heavy atom. The lowest BCUT2D eigenvalue weighted by molar-refractivity contribution is -0.121. The molecule has 2 aromatic heterocycles. The molecule has 0 bridgehead atoms. The number of methoxy groups -OCH3 is 2. The van der Waals surface area contributed by atoms with E-state index in [4.69, 9.17) is 14.6 Å². The first kappa shape index (κ1) is 22.1. The highest BCUT2D eigenvalue weighted by molar-refractivity contribution is 5.76. The number of para-hydroxylation sites is 1. The summed E-state index contributed by atoms with van der Waals surface area (Å²) in [6.45, 7) is 0.374. The van der Waals surface area contributed by atoms with Crippen LogP contribution in [-0.4, -0.2) is 34.9 Å². The summed E-state index contributed by atoms with van der Waals surface area (Å²) in [7, 11) is 3.24. The van der Waals surface area contributed by atoms with Crippen molar-refractivity contribution in [1.82, 2.24) is 20.1 Å². The molecule has 0 spiro atoms. The van der Waals surface area contributed by atoms with Gasteiger partial charge < -0.3 is 14.8 Å². The molecule has 168 valence electrons. The molecule has 7 heteroatoms. The first-order chi connectivity index (χ1) is 16.2. The van der Waals surface area contributed by atoms with Crippen LogP contribution in [-0.2, 0) is 17.8 Å². The number of nitrogens with zero attached hydrogens (tertiary/aromatic N) is 3. The maximum atomic E-state index is 12.6. The summed E-state index contributed by atoms with van der Waals surface area (Å²) >= 11 is 0. The average molecular weight is 443 g/mol. The van der Waals surface area contributed by atoms with Crippen LogP contribution in [0.25, 0.3) is 16.9 Å². The molecule has 0 unspecified atom stereocenters. The third kappa shape index (κ3) is 5.38. The second-order valence-electron chi connectivity index (χ2n) is 7.47. The first-order valence-electron chi connectivity index (χ1n) is 10.7. The summed E-state index contributed by atoms with van der Waals surface area (Å²) in [5.74, 6) is 1.43. The van der Waals surface area contributed by atoms with Gasteiger partial charge in [-0.1, -0.05) is 18.2 Å². The topological polar surface area (TPSA) is 78.3 Å². The summed E-state index contributed by atoms with van der Waals surface area (Å²) in [6, 6.07) is 19.3. The van der Waals surface area contributed by atoms with Gasteiger partial charge >= 0.3 is 0 Å². The number of aryl methyl sites for hydroxylation is 1. The molecule has 0 saturated carbocycles. The molecule has 7 nitrogen and oxygen atoms in total. The predicted molar refractivity (Wildman–Crippen MR) is 127 cm³/mol. The normalized spacial score (nSPS) is 10.6. The molecular formula is C26H26N4O3. The fourth-order valence-corrected chi connectivity index (χ4v) is 3.61. The van der Waals surface area contributed by atoms with E-state index in [9.17, 15) is 4.79 Å². The fraction of sp³-hybridized carbons (Fsp3) is 0.192. The SMILES string of the molecule is COc1ccc(OC)c(CCC(=O)NCc2cn(-c3ccccc3)nc2-c2ccncc2)c1. The Hall–Kier alpha value is -4.13. The quantitative estimate of drug-likeness (QED) is 0.420. The first-order valence-corrected chi connectivity index (χ1v) is 10.7. The zero-order chi connectivity index (χ0) is 23.0. The lowest BCUT2D eigenvalue weighted by atomic mass is 10.1. The van der Waals surface area contributed by atoms with E-state index >= 15 is 0 Å². The van der Waals surface area contributed by atoms with Gasteiger partial charge in [0.15, 0.2) is 0 Å². The molecule has 0 aliphatic rings. The van der Waals surface area contributed by atoms with Gasteiger partial charge in [-0.05, 0) is 54.4 Å². The molecule has 0 atom stereocenters. The van der Waals surface area contributed by atoms with Gasteiger partial charge in [0, 0.05) is 42.7 Å². The van der Waals surface area contributed by atoms with E-state index in [1.807, 2.05) is 71.5 Å². The number of ether oxygens (including phenoxy) is 2. The second kappa shape index (κ2) is 10.5. The van der Waals surface area contributed by atoms with Crippen LogP contribution in [0, 0.1) is 0 Å². The van der Waals surface area contributed by atoms with Gasteiger partial charge in [0.25, 0.3) is 0 Å². The number of hydrogen-bond acceptors (Lipinski definition) is 5. The van der Waals surface area contributed by atoms with Crippen LogP contribution in [0.15, 0.2) is 79.3 Å². The van der Waals surface area contributed by atoms with Gasteiger partial charge in [0.1, 0.15) is 11.5 Å². The van der Waals surface area contributed by atoms with Gasteiger partial charge in [0.05, 0.1) is 25.6 Å². The molecule has 33 heavy (non-hydrogen) atoms. The van der Waals surface area contributed by atoms with Gasteiger partial charge in [0.2, 0.25) is 5.91 Å². The molecule has 0 aliphatic carbocycles. The van der Waals surface area contributed by atoms with E-state index in [-0.39, 0.29) is 5.91 Å². The van der Waals surface area contributed by atoms with Crippen LogP contribution in [0.2, 0.25) is 0 Å².